The maximum absolute atomic E-state index is 12.1. The van der Waals surface area contributed by atoms with Crippen LogP contribution in [0.3, 0.4) is 0 Å². The largest absolute Gasteiger partial charge is 0.545 e. The van der Waals surface area contributed by atoms with Crippen LogP contribution < -0.4 is 24.7 Å². The number of carboxylic acids is 1. The van der Waals surface area contributed by atoms with Gasteiger partial charge in [0.15, 0.2) is 17.6 Å². The first kappa shape index (κ1) is 21.2. The molecule has 1 N–H and O–H groups in total. The lowest BCUT2D eigenvalue weighted by molar-refractivity contribution is -0.255. The van der Waals surface area contributed by atoms with Gasteiger partial charge in [-0.2, -0.15) is 10.4 Å². The summed E-state index contributed by atoms with van der Waals surface area (Å²) in [5.74, 6) is -1.42. The predicted octanol–water partition coefficient (Wildman–Crippen LogP) is 0.857. The number of nitriles is 1. The van der Waals surface area contributed by atoms with Crippen molar-refractivity contribution in [1.29, 1.82) is 5.26 Å². The smallest absolute Gasteiger partial charge is 0.280 e. The molecule has 2 aromatic rings. The van der Waals surface area contributed by atoms with Gasteiger partial charge in [0.05, 0.1) is 43.6 Å². The summed E-state index contributed by atoms with van der Waals surface area (Å²) in [4.78, 5) is 23.6. The summed E-state index contributed by atoms with van der Waals surface area (Å²) in [6, 6.07) is 11.2. The average molecular weight is 396 g/mol. The van der Waals surface area contributed by atoms with E-state index < -0.39 is 18.0 Å². The quantitative estimate of drug-likeness (QED) is 0.517. The monoisotopic (exact) mass is 396 g/mol. The molecule has 0 aliphatic heterocycles. The Morgan fingerprint density at radius 3 is 2.41 bits per heavy atom. The van der Waals surface area contributed by atoms with Crippen LogP contribution >= 0.6 is 0 Å². The number of benzene rings is 2. The van der Waals surface area contributed by atoms with Gasteiger partial charge in [-0.15, -0.1) is 0 Å². The number of carbonyl (C=O) groups excluding carboxylic acids is 2. The number of hydrogen-bond acceptors (Lipinski definition) is 8. The molecule has 0 heterocycles. The highest BCUT2D eigenvalue weighted by Crippen LogP contribution is 2.32. The molecule has 9 nitrogen and oxygen atoms in total. The highest BCUT2D eigenvalue weighted by molar-refractivity contribution is 6.01. The Kier molecular flexibility index (Phi) is 7.14. The molecule has 1 atom stereocenters. The fourth-order valence-corrected chi connectivity index (χ4v) is 2.38. The third kappa shape index (κ3) is 5.23. The number of carboxylic acid groups (broad SMARTS) is 1. The Balaban J connectivity index is 2.09. The van der Waals surface area contributed by atoms with Gasteiger partial charge in [0.2, 0.25) is 0 Å². The molecule has 2 rings (SSSR count). The maximum atomic E-state index is 12.1. The van der Waals surface area contributed by atoms with E-state index in [1.54, 1.807) is 24.3 Å². The van der Waals surface area contributed by atoms with Crippen LogP contribution in [-0.2, 0) is 4.79 Å². The first-order valence-corrected chi connectivity index (χ1v) is 8.37. The molecule has 150 valence electrons. The van der Waals surface area contributed by atoms with Crippen LogP contribution in [0.2, 0.25) is 0 Å². The molecule has 0 aromatic heterocycles. The molecule has 1 amide bonds. The summed E-state index contributed by atoms with van der Waals surface area (Å²) in [6.07, 6.45) is 0.269. The Labute approximate surface area is 167 Å². The molecule has 0 aliphatic rings. The van der Waals surface area contributed by atoms with Gasteiger partial charge in [-0.1, -0.05) is 0 Å². The van der Waals surface area contributed by atoms with Gasteiger partial charge in [-0.3, -0.25) is 4.79 Å². The third-order valence-electron chi connectivity index (χ3n) is 3.83. The van der Waals surface area contributed by atoms with E-state index in [9.17, 15) is 14.7 Å². The third-order valence-corrected chi connectivity index (χ3v) is 3.83. The second-order valence-corrected chi connectivity index (χ2v) is 5.68. The van der Waals surface area contributed by atoms with Gasteiger partial charge in [0, 0.05) is 5.56 Å². The molecule has 0 saturated carbocycles. The number of rotatable bonds is 8. The van der Waals surface area contributed by atoms with Gasteiger partial charge in [0.25, 0.3) is 5.91 Å². The van der Waals surface area contributed by atoms with Crippen LogP contribution in [-0.4, -0.2) is 38.4 Å². The average Bonchev–Trinajstić information content (AvgIpc) is 2.73. The molecule has 0 radical (unpaired) electrons. The van der Waals surface area contributed by atoms with Crippen LogP contribution in [0, 0.1) is 11.3 Å². The Morgan fingerprint density at radius 1 is 1.17 bits per heavy atom. The van der Waals surface area contributed by atoms with Crippen molar-refractivity contribution in [3.05, 3.63) is 53.1 Å². The zero-order valence-corrected chi connectivity index (χ0v) is 16.0. The van der Waals surface area contributed by atoms with Crippen molar-refractivity contribution in [3.63, 3.8) is 0 Å². The molecule has 0 fully saturated rings. The minimum absolute atomic E-state index is 0.0136. The zero-order valence-electron chi connectivity index (χ0n) is 16.0. The topological polar surface area (TPSA) is 133 Å². The fourth-order valence-electron chi connectivity index (χ4n) is 2.38. The summed E-state index contributed by atoms with van der Waals surface area (Å²) in [6.45, 7) is 1.52. The van der Waals surface area contributed by atoms with Crippen LogP contribution in [0.25, 0.3) is 0 Å². The van der Waals surface area contributed by atoms with Gasteiger partial charge >= 0.3 is 0 Å². The highest BCUT2D eigenvalue weighted by Gasteiger charge is 2.16. The van der Waals surface area contributed by atoms with Crippen LogP contribution in [0.15, 0.2) is 41.5 Å². The van der Waals surface area contributed by atoms with Gasteiger partial charge < -0.3 is 24.1 Å². The summed E-state index contributed by atoms with van der Waals surface area (Å²) in [7, 11) is 2.68. The van der Waals surface area contributed by atoms with Crippen molar-refractivity contribution in [2.24, 2.45) is 5.10 Å². The van der Waals surface area contributed by atoms with Crippen molar-refractivity contribution >= 4 is 18.1 Å². The minimum atomic E-state index is -1.48. The number of carbonyl (C=O) groups is 2. The number of methoxy groups -OCH3 is 2. The van der Waals surface area contributed by atoms with Crippen molar-refractivity contribution in [3.8, 4) is 23.3 Å². The molecule has 2 aromatic carbocycles. The minimum Gasteiger partial charge on any atom is -0.545 e. The zero-order chi connectivity index (χ0) is 21.4. The lowest BCUT2D eigenvalue weighted by atomic mass is 10.1. The second kappa shape index (κ2) is 9.75. The molecule has 0 spiro atoms. The number of ether oxygens (including phenoxy) is 3. The first-order valence-electron chi connectivity index (χ1n) is 8.37. The molecular formula is C20H18N3O6-. The van der Waals surface area contributed by atoms with Crippen molar-refractivity contribution in [1.82, 2.24) is 5.43 Å². The lowest BCUT2D eigenvalue weighted by Crippen LogP contribution is -2.33. The predicted molar refractivity (Wildman–Crippen MR) is 101 cm³/mol. The van der Waals surface area contributed by atoms with E-state index in [2.05, 4.69) is 10.5 Å². The standard InChI is InChI=1S/C20H19N3O6/c1-12(29-15-7-4-13(10-21)5-8-15)19(24)23-22-11-14-6-9-16(27-2)18(28-3)17(14)20(25)26/h4-9,11-12H,1-3H3,(H,23,24)(H,25,26)/p-1/b22-11-/t12-/m0/s1. The van der Waals surface area contributed by atoms with E-state index in [1.807, 2.05) is 6.07 Å². The van der Waals surface area contributed by atoms with E-state index in [1.165, 1.54) is 33.3 Å². The van der Waals surface area contributed by atoms with Gasteiger partial charge in [-0.25, -0.2) is 5.43 Å². The van der Waals surface area contributed by atoms with Crippen molar-refractivity contribution in [2.45, 2.75) is 13.0 Å². The Bertz CT molecular complexity index is 963. The SMILES string of the molecule is COc1ccc(/C=N\NC(=O)[C@H](C)Oc2ccc(C#N)cc2)c(C(=O)[O-])c1OC. The molecule has 9 heteroatoms. The second-order valence-electron chi connectivity index (χ2n) is 5.68. The highest BCUT2D eigenvalue weighted by atomic mass is 16.5. The van der Waals surface area contributed by atoms with Crippen LogP contribution in [0.5, 0.6) is 17.2 Å². The molecule has 0 saturated heterocycles. The molecular weight excluding hydrogens is 378 g/mol. The number of nitrogens with zero attached hydrogens (tertiary/aromatic N) is 2. The molecule has 29 heavy (non-hydrogen) atoms. The summed E-state index contributed by atoms with van der Waals surface area (Å²) in [5, 5.41) is 24.0. The van der Waals surface area contributed by atoms with Crippen molar-refractivity contribution in [2.75, 3.05) is 14.2 Å². The van der Waals surface area contributed by atoms with Crippen LogP contribution in [0.1, 0.15) is 28.4 Å². The number of amides is 1. The van der Waals surface area contributed by atoms with E-state index >= 15 is 0 Å². The normalized spacial score (nSPS) is 11.4. The molecule has 0 aliphatic carbocycles. The molecule has 0 bridgehead atoms. The Hall–Kier alpha value is -4.06. The number of nitrogens with one attached hydrogen (secondary N) is 1. The number of aromatic carboxylic acids is 1. The van der Waals surface area contributed by atoms with E-state index in [4.69, 9.17) is 19.5 Å². The van der Waals surface area contributed by atoms with E-state index in [0.29, 0.717) is 11.3 Å². The van der Waals surface area contributed by atoms with E-state index in [0.717, 1.165) is 6.21 Å². The lowest BCUT2D eigenvalue weighted by Gasteiger charge is -2.16. The molecule has 0 unspecified atom stereocenters. The summed E-state index contributed by atoms with van der Waals surface area (Å²) in [5.41, 5.74) is 2.64. The first-order chi connectivity index (χ1) is 13.9. The summed E-state index contributed by atoms with van der Waals surface area (Å²) >= 11 is 0. The van der Waals surface area contributed by atoms with E-state index in [-0.39, 0.29) is 22.6 Å². The fraction of sp³-hybridized carbons (Fsp3) is 0.200. The summed E-state index contributed by atoms with van der Waals surface area (Å²) < 4.78 is 15.6. The number of hydrogen-bond donors (Lipinski definition) is 1. The van der Waals surface area contributed by atoms with Gasteiger partial charge in [0.1, 0.15) is 5.75 Å². The van der Waals surface area contributed by atoms with Crippen molar-refractivity contribution < 1.29 is 28.9 Å². The number of hydrazone groups is 1. The Morgan fingerprint density at radius 2 is 1.86 bits per heavy atom. The maximum Gasteiger partial charge on any atom is 0.280 e. The van der Waals surface area contributed by atoms with Gasteiger partial charge in [-0.05, 0) is 43.3 Å². The van der Waals surface area contributed by atoms with Crippen LogP contribution in [0.4, 0.5) is 0 Å².